The fraction of sp³-hybridized carbons (Fsp3) is 0.667. The highest BCUT2D eigenvalue weighted by molar-refractivity contribution is 5.53. The molecule has 1 N–H and O–H groups in total. The zero-order valence-corrected chi connectivity index (χ0v) is 16.8. The van der Waals surface area contributed by atoms with Crippen LogP contribution in [0.3, 0.4) is 0 Å². The van der Waals surface area contributed by atoms with Crippen molar-refractivity contribution in [2.24, 2.45) is 0 Å². The maximum Gasteiger partial charge on any atom is 0.0898 e. The van der Waals surface area contributed by atoms with E-state index in [9.17, 15) is 5.11 Å². The van der Waals surface area contributed by atoms with Gasteiger partial charge >= 0.3 is 0 Å². The molecular weight excluding hydrogens is 334 g/mol. The summed E-state index contributed by atoms with van der Waals surface area (Å²) >= 11 is 0. The summed E-state index contributed by atoms with van der Waals surface area (Å²) in [5.74, 6) is 0. The van der Waals surface area contributed by atoms with Crippen molar-refractivity contribution in [2.45, 2.75) is 82.0 Å². The fourth-order valence-electron chi connectivity index (χ4n) is 5.01. The van der Waals surface area contributed by atoms with Crippen LogP contribution in [-0.4, -0.2) is 42.4 Å². The van der Waals surface area contributed by atoms with Gasteiger partial charge in [0.05, 0.1) is 11.7 Å². The average molecular weight is 370 g/mol. The maximum atomic E-state index is 11.0. The highest BCUT2D eigenvalue weighted by Crippen LogP contribution is 2.38. The standard InChI is InChI=1S/C24H35NO2/c1-27-23-11-14-24(26,15-12-23)21-9-7-20(8-10-21)18-19-4-3-16-25(17-13-19)22-5-2-6-22/h7-10,18,22-23,26H,2-6,11-17H2,1H3/b19-18+. The van der Waals surface area contributed by atoms with Crippen molar-refractivity contribution in [1.82, 2.24) is 4.90 Å². The molecule has 0 amide bonds. The summed E-state index contributed by atoms with van der Waals surface area (Å²) < 4.78 is 5.44. The largest absolute Gasteiger partial charge is 0.385 e. The lowest BCUT2D eigenvalue weighted by Crippen LogP contribution is -2.40. The predicted molar refractivity (Wildman–Crippen MR) is 111 cm³/mol. The quantitative estimate of drug-likeness (QED) is 0.820. The number of benzene rings is 1. The van der Waals surface area contributed by atoms with E-state index in [2.05, 4.69) is 35.2 Å². The minimum atomic E-state index is -0.674. The molecule has 27 heavy (non-hydrogen) atoms. The third kappa shape index (κ3) is 4.47. The van der Waals surface area contributed by atoms with Crippen LogP contribution in [-0.2, 0) is 10.3 Å². The van der Waals surface area contributed by atoms with Crippen molar-refractivity contribution in [1.29, 1.82) is 0 Å². The van der Waals surface area contributed by atoms with Crippen LogP contribution in [0.1, 0.15) is 75.3 Å². The molecule has 0 aromatic heterocycles. The Morgan fingerprint density at radius 1 is 1.00 bits per heavy atom. The molecule has 1 aromatic carbocycles. The molecule has 1 aromatic rings. The molecule has 1 aliphatic heterocycles. The number of ether oxygens (including phenoxy) is 1. The number of hydrogen-bond donors (Lipinski definition) is 1. The van der Waals surface area contributed by atoms with Gasteiger partial charge in [0.25, 0.3) is 0 Å². The minimum Gasteiger partial charge on any atom is -0.385 e. The van der Waals surface area contributed by atoms with Crippen LogP contribution in [0.5, 0.6) is 0 Å². The van der Waals surface area contributed by atoms with E-state index < -0.39 is 5.60 Å². The second-order valence-electron chi connectivity index (χ2n) is 8.87. The van der Waals surface area contributed by atoms with Crippen LogP contribution in [0.4, 0.5) is 0 Å². The molecule has 3 fully saturated rings. The summed E-state index contributed by atoms with van der Waals surface area (Å²) in [5.41, 5.74) is 3.26. The monoisotopic (exact) mass is 369 g/mol. The number of aliphatic hydroxyl groups is 1. The highest BCUT2D eigenvalue weighted by Gasteiger charge is 2.34. The van der Waals surface area contributed by atoms with Gasteiger partial charge in [0.1, 0.15) is 0 Å². The van der Waals surface area contributed by atoms with Gasteiger partial charge in [-0.2, -0.15) is 0 Å². The SMILES string of the molecule is COC1CCC(O)(c2ccc(/C=C3\CCCN(C4CCC4)CC3)cc2)CC1. The molecule has 2 saturated carbocycles. The van der Waals surface area contributed by atoms with Crippen molar-refractivity contribution >= 4 is 6.08 Å². The topological polar surface area (TPSA) is 32.7 Å². The molecule has 0 atom stereocenters. The van der Waals surface area contributed by atoms with E-state index in [4.69, 9.17) is 4.74 Å². The van der Waals surface area contributed by atoms with Crippen molar-refractivity contribution in [3.8, 4) is 0 Å². The first-order valence-electron chi connectivity index (χ1n) is 11.0. The van der Waals surface area contributed by atoms with Gasteiger partial charge < -0.3 is 14.7 Å². The number of hydrogen-bond acceptors (Lipinski definition) is 3. The molecule has 0 spiro atoms. The van der Waals surface area contributed by atoms with E-state index in [0.717, 1.165) is 37.3 Å². The van der Waals surface area contributed by atoms with Crippen molar-refractivity contribution < 1.29 is 9.84 Å². The lowest BCUT2D eigenvalue weighted by Gasteiger charge is -2.36. The molecule has 3 aliphatic rings. The third-order valence-electron chi connectivity index (χ3n) is 7.17. The molecule has 0 unspecified atom stereocenters. The average Bonchev–Trinajstić information content (AvgIpc) is 2.87. The molecule has 3 nitrogen and oxygen atoms in total. The van der Waals surface area contributed by atoms with E-state index in [-0.39, 0.29) is 0 Å². The first-order valence-corrected chi connectivity index (χ1v) is 11.0. The minimum absolute atomic E-state index is 0.309. The van der Waals surface area contributed by atoms with Gasteiger partial charge in [0, 0.05) is 19.7 Å². The first-order chi connectivity index (χ1) is 13.2. The maximum absolute atomic E-state index is 11.0. The normalized spacial score (nSPS) is 32.2. The van der Waals surface area contributed by atoms with E-state index >= 15 is 0 Å². The van der Waals surface area contributed by atoms with E-state index in [0.29, 0.717) is 6.10 Å². The zero-order valence-electron chi connectivity index (χ0n) is 16.8. The van der Waals surface area contributed by atoms with E-state index in [1.165, 1.54) is 57.2 Å². The molecule has 0 bridgehead atoms. The van der Waals surface area contributed by atoms with Gasteiger partial charge in [-0.1, -0.05) is 42.3 Å². The Labute approximate surface area is 164 Å². The van der Waals surface area contributed by atoms with Crippen molar-refractivity contribution in [3.05, 3.63) is 41.0 Å². The lowest BCUT2D eigenvalue weighted by atomic mass is 9.78. The van der Waals surface area contributed by atoms with Crippen molar-refractivity contribution in [2.75, 3.05) is 20.2 Å². The molecule has 148 valence electrons. The van der Waals surface area contributed by atoms with E-state index in [1.54, 1.807) is 12.7 Å². The van der Waals surface area contributed by atoms with Gasteiger partial charge in [0.2, 0.25) is 0 Å². The van der Waals surface area contributed by atoms with Gasteiger partial charge in [-0.3, -0.25) is 0 Å². The number of nitrogens with zero attached hydrogens (tertiary/aromatic N) is 1. The number of rotatable bonds is 4. The first kappa shape index (κ1) is 19.2. The van der Waals surface area contributed by atoms with Crippen LogP contribution in [0.15, 0.2) is 29.8 Å². The Bertz CT molecular complexity index is 639. The van der Waals surface area contributed by atoms with E-state index in [1.807, 2.05) is 0 Å². The second kappa shape index (κ2) is 8.46. The molecule has 0 radical (unpaired) electrons. The summed E-state index contributed by atoms with van der Waals surface area (Å²) in [6, 6.07) is 9.53. The van der Waals surface area contributed by atoms with Crippen LogP contribution >= 0.6 is 0 Å². The van der Waals surface area contributed by atoms with Crippen LogP contribution in [0, 0.1) is 0 Å². The van der Waals surface area contributed by atoms with Crippen molar-refractivity contribution in [3.63, 3.8) is 0 Å². The third-order valence-corrected chi connectivity index (χ3v) is 7.17. The summed E-state index contributed by atoms with van der Waals surface area (Å²) in [6.07, 6.45) is 14.1. The Morgan fingerprint density at radius 3 is 2.37 bits per heavy atom. The smallest absolute Gasteiger partial charge is 0.0898 e. The molecule has 4 rings (SSSR count). The van der Waals surface area contributed by atoms with Gasteiger partial charge in [0.15, 0.2) is 0 Å². The Kier molecular flexibility index (Phi) is 6.01. The summed E-state index contributed by atoms with van der Waals surface area (Å²) in [4.78, 5) is 2.72. The molecule has 3 heteroatoms. The molecule has 1 heterocycles. The molecule has 2 aliphatic carbocycles. The van der Waals surface area contributed by atoms with Crippen LogP contribution in [0.25, 0.3) is 6.08 Å². The Hall–Kier alpha value is -1.16. The van der Waals surface area contributed by atoms with Crippen LogP contribution < -0.4 is 0 Å². The summed E-state index contributed by atoms with van der Waals surface area (Å²) in [7, 11) is 1.77. The van der Waals surface area contributed by atoms with Gasteiger partial charge in [-0.05, 0) is 75.5 Å². The summed E-state index contributed by atoms with van der Waals surface area (Å²) in [6.45, 7) is 2.51. The lowest BCUT2D eigenvalue weighted by molar-refractivity contribution is -0.0474. The second-order valence-corrected chi connectivity index (χ2v) is 8.87. The fourth-order valence-corrected chi connectivity index (χ4v) is 5.01. The highest BCUT2D eigenvalue weighted by atomic mass is 16.5. The zero-order chi connectivity index (χ0) is 18.7. The number of methoxy groups -OCH3 is 1. The van der Waals surface area contributed by atoms with Gasteiger partial charge in [-0.25, -0.2) is 0 Å². The Morgan fingerprint density at radius 2 is 1.74 bits per heavy atom. The molecule has 1 saturated heterocycles. The number of likely N-dealkylation sites (tertiary alicyclic amines) is 1. The Balaban J connectivity index is 1.38. The molecular formula is C24H35NO2. The van der Waals surface area contributed by atoms with Gasteiger partial charge in [-0.15, -0.1) is 0 Å². The van der Waals surface area contributed by atoms with Crippen LogP contribution in [0.2, 0.25) is 0 Å². The predicted octanol–water partition coefficient (Wildman–Crippen LogP) is 4.89. The summed E-state index contributed by atoms with van der Waals surface area (Å²) in [5, 5.41) is 11.0.